The lowest BCUT2D eigenvalue weighted by molar-refractivity contribution is -0.129. The van der Waals surface area contributed by atoms with Crippen molar-refractivity contribution in [2.75, 3.05) is 11.4 Å². The summed E-state index contributed by atoms with van der Waals surface area (Å²) in [6, 6.07) is 9.45. The molecule has 102 valence electrons. The fourth-order valence-electron chi connectivity index (χ4n) is 2.06. The highest BCUT2D eigenvalue weighted by atomic mass is 16.2. The van der Waals surface area contributed by atoms with Gasteiger partial charge >= 0.3 is 0 Å². The van der Waals surface area contributed by atoms with Gasteiger partial charge in [-0.15, -0.1) is 0 Å². The lowest BCUT2D eigenvalue weighted by Crippen LogP contribution is -2.43. The van der Waals surface area contributed by atoms with Gasteiger partial charge in [0.2, 0.25) is 11.8 Å². The summed E-state index contributed by atoms with van der Waals surface area (Å²) in [4.78, 5) is 25.7. The van der Waals surface area contributed by atoms with E-state index in [4.69, 9.17) is 0 Å². The Labute approximate surface area is 113 Å². The molecular weight excluding hydrogens is 240 g/mol. The second-order valence-corrected chi connectivity index (χ2v) is 5.96. The molecule has 0 radical (unpaired) electrons. The molecule has 2 amide bonds. The zero-order valence-electron chi connectivity index (χ0n) is 11.6. The van der Waals surface area contributed by atoms with Gasteiger partial charge in [-0.2, -0.15) is 0 Å². The summed E-state index contributed by atoms with van der Waals surface area (Å²) in [5.74, 6) is 0.0469. The molecule has 0 unspecified atom stereocenters. The van der Waals surface area contributed by atoms with Crippen LogP contribution in [0.15, 0.2) is 30.3 Å². The Morgan fingerprint density at radius 1 is 1.26 bits per heavy atom. The van der Waals surface area contributed by atoms with Crippen LogP contribution in [0, 0.1) is 5.41 Å². The Morgan fingerprint density at radius 2 is 1.89 bits per heavy atom. The molecule has 4 nitrogen and oxygen atoms in total. The molecule has 4 heteroatoms. The molecule has 1 aromatic rings. The highest BCUT2D eigenvalue weighted by molar-refractivity contribution is 5.97. The molecule has 19 heavy (non-hydrogen) atoms. The predicted octanol–water partition coefficient (Wildman–Crippen LogP) is 1.95. The second kappa shape index (κ2) is 5.03. The zero-order chi connectivity index (χ0) is 14.0. The van der Waals surface area contributed by atoms with Crippen LogP contribution in [0.25, 0.3) is 0 Å². The number of carbonyl (C=O) groups excluding carboxylic acids is 2. The van der Waals surface area contributed by atoms with Crippen molar-refractivity contribution in [3.05, 3.63) is 30.3 Å². The summed E-state index contributed by atoms with van der Waals surface area (Å²) in [6.45, 7) is 6.15. The van der Waals surface area contributed by atoms with Crippen molar-refractivity contribution in [2.24, 2.45) is 5.41 Å². The molecule has 0 aliphatic carbocycles. The van der Waals surface area contributed by atoms with Gasteiger partial charge in [0.25, 0.3) is 0 Å². The quantitative estimate of drug-likeness (QED) is 0.883. The highest BCUT2D eigenvalue weighted by Gasteiger charge is 2.33. The molecule has 1 atom stereocenters. The number of benzene rings is 1. The molecule has 1 fully saturated rings. The Balaban J connectivity index is 2.02. The molecule has 1 saturated heterocycles. The third-order valence-corrected chi connectivity index (χ3v) is 3.21. The maximum Gasteiger partial charge on any atom is 0.229 e. The average Bonchev–Trinajstić information content (AvgIpc) is 2.70. The number of anilines is 1. The fraction of sp³-hybridized carbons (Fsp3) is 0.467. The van der Waals surface area contributed by atoms with Crippen LogP contribution in [0.5, 0.6) is 0 Å². The van der Waals surface area contributed by atoms with E-state index in [9.17, 15) is 9.59 Å². The molecule has 1 N–H and O–H groups in total. The lowest BCUT2D eigenvalue weighted by Gasteiger charge is -2.21. The average molecular weight is 260 g/mol. The molecule has 0 spiro atoms. The molecule has 0 aromatic heterocycles. The third-order valence-electron chi connectivity index (χ3n) is 3.21. The van der Waals surface area contributed by atoms with E-state index < -0.39 is 5.41 Å². The summed E-state index contributed by atoms with van der Waals surface area (Å²) < 4.78 is 0. The van der Waals surface area contributed by atoms with Gasteiger partial charge in [-0.25, -0.2) is 0 Å². The van der Waals surface area contributed by atoms with Crippen LogP contribution in [0.1, 0.15) is 27.2 Å². The summed E-state index contributed by atoms with van der Waals surface area (Å²) >= 11 is 0. The number of amides is 2. The number of nitrogens with one attached hydrogen (secondary N) is 1. The Morgan fingerprint density at radius 3 is 2.47 bits per heavy atom. The number of nitrogens with zero attached hydrogens (tertiary/aromatic N) is 1. The lowest BCUT2D eigenvalue weighted by atomic mass is 9.95. The molecule has 1 aliphatic heterocycles. The minimum absolute atomic E-state index is 0.0137. The van der Waals surface area contributed by atoms with E-state index in [0.717, 1.165) is 5.69 Å². The van der Waals surface area contributed by atoms with E-state index in [1.807, 2.05) is 51.1 Å². The van der Waals surface area contributed by atoms with Crippen molar-refractivity contribution in [1.82, 2.24) is 5.32 Å². The molecule has 2 rings (SSSR count). The van der Waals surface area contributed by atoms with Gasteiger partial charge in [-0.05, 0) is 12.1 Å². The summed E-state index contributed by atoms with van der Waals surface area (Å²) in [7, 11) is 0. The van der Waals surface area contributed by atoms with Crippen LogP contribution in [0.2, 0.25) is 0 Å². The maximum atomic E-state index is 12.0. The van der Waals surface area contributed by atoms with Crippen molar-refractivity contribution in [3.63, 3.8) is 0 Å². The standard InChI is InChI=1S/C15H20N2O2/c1-15(2,3)14(19)16-11-9-13(18)17(10-11)12-7-5-4-6-8-12/h4-8,11H,9-10H2,1-3H3,(H,16,19)/t11-/m1/s1. The van der Waals surface area contributed by atoms with Gasteiger partial charge in [0.15, 0.2) is 0 Å². The summed E-state index contributed by atoms with van der Waals surface area (Å²) in [5.41, 5.74) is 0.462. The highest BCUT2D eigenvalue weighted by Crippen LogP contribution is 2.22. The SMILES string of the molecule is CC(C)(C)C(=O)N[C@@H]1CC(=O)N(c2ccccc2)C1. The van der Waals surface area contributed by atoms with Crippen LogP contribution in [-0.4, -0.2) is 24.4 Å². The van der Waals surface area contributed by atoms with Gasteiger partial charge in [0, 0.05) is 24.1 Å². The maximum absolute atomic E-state index is 12.0. The first-order valence-corrected chi connectivity index (χ1v) is 6.54. The van der Waals surface area contributed by atoms with Crippen LogP contribution in [-0.2, 0) is 9.59 Å². The van der Waals surface area contributed by atoms with Crippen molar-refractivity contribution >= 4 is 17.5 Å². The smallest absolute Gasteiger partial charge is 0.229 e. The first-order valence-electron chi connectivity index (χ1n) is 6.54. The molecule has 1 aromatic carbocycles. The van der Waals surface area contributed by atoms with Gasteiger partial charge in [0.1, 0.15) is 0 Å². The van der Waals surface area contributed by atoms with Crippen LogP contribution >= 0.6 is 0 Å². The van der Waals surface area contributed by atoms with E-state index >= 15 is 0 Å². The monoisotopic (exact) mass is 260 g/mol. The fourth-order valence-corrected chi connectivity index (χ4v) is 2.06. The minimum Gasteiger partial charge on any atom is -0.351 e. The number of hydrogen-bond acceptors (Lipinski definition) is 2. The van der Waals surface area contributed by atoms with Crippen LogP contribution < -0.4 is 10.2 Å². The van der Waals surface area contributed by atoms with Crippen molar-refractivity contribution in [1.29, 1.82) is 0 Å². The molecule has 0 bridgehead atoms. The van der Waals surface area contributed by atoms with Crippen LogP contribution in [0.3, 0.4) is 0 Å². The van der Waals surface area contributed by atoms with E-state index in [0.29, 0.717) is 13.0 Å². The van der Waals surface area contributed by atoms with E-state index in [2.05, 4.69) is 5.32 Å². The number of carbonyl (C=O) groups is 2. The molecule has 0 saturated carbocycles. The molecule has 1 aliphatic rings. The zero-order valence-corrected chi connectivity index (χ0v) is 11.6. The molecule has 1 heterocycles. The predicted molar refractivity (Wildman–Crippen MR) is 74.8 cm³/mol. The van der Waals surface area contributed by atoms with Gasteiger partial charge in [-0.1, -0.05) is 39.0 Å². The van der Waals surface area contributed by atoms with Gasteiger partial charge < -0.3 is 10.2 Å². The van der Waals surface area contributed by atoms with E-state index in [1.165, 1.54) is 0 Å². The number of para-hydroxylation sites is 1. The van der Waals surface area contributed by atoms with Crippen LogP contribution in [0.4, 0.5) is 5.69 Å². The Hall–Kier alpha value is -1.84. The first kappa shape index (κ1) is 13.6. The molecular formula is C15H20N2O2. The number of rotatable bonds is 2. The summed E-state index contributed by atoms with van der Waals surface area (Å²) in [5, 5.41) is 2.95. The van der Waals surface area contributed by atoms with E-state index in [-0.39, 0.29) is 17.9 Å². The van der Waals surface area contributed by atoms with Gasteiger partial charge in [0.05, 0.1) is 6.04 Å². The van der Waals surface area contributed by atoms with Crippen molar-refractivity contribution in [3.8, 4) is 0 Å². The Kier molecular flexibility index (Phi) is 3.60. The minimum atomic E-state index is -0.427. The largest absolute Gasteiger partial charge is 0.351 e. The normalized spacial score (nSPS) is 19.6. The van der Waals surface area contributed by atoms with E-state index in [1.54, 1.807) is 4.90 Å². The first-order chi connectivity index (χ1) is 8.88. The third kappa shape index (κ3) is 3.13. The summed E-state index contributed by atoms with van der Waals surface area (Å²) in [6.07, 6.45) is 0.372. The Bertz CT molecular complexity index is 477. The topological polar surface area (TPSA) is 49.4 Å². The second-order valence-electron chi connectivity index (χ2n) is 5.96. The van der Waals surface area contributed by atoms with Crippen molar-refractivity contribution < 1.29 is 9.59 Å². The number of hydrogen-bond donors (Lipinski definition) is 1. The van der Waals surface area contributed by atoms with Gasteiger partial charge in [-0.3, -0.25) is 9.59 Å². The van der Waals surface area contributed by atoms with Crippen molar-refractivity contribution in [2.45, 2.75) is 33.2 Å².